The highest BCUT2D eigenvalue weighted by Gasteiger charge is 2.65. The molecule has 0 unspecified atom stereocenters. The Labute approximate surface area is 351 Å². The van der Waals surface area contributed by atoms with Crippen LogP contribution in [0.5, 0.6) is 11.5 Å². The Morgan fingerprint density at radius 3 is 2.49 bits per heavy atom. The van der Waals surface area contributed by atoms with Crippen LogP contribution in [-0.4, -0.2) is 77.6 Å². The SMILES string of the molecule is C=CCO[C@@]12Oc3ccc(OC(=O)NCC)cc3[C@H]3[C@H](CCCCO)[C@@H](CCCCO)C=C(C(=NOCc4ccccc4)C[C@@H]1N(CCC)C(=O)CCC1CCCC1)[C@H]32. The summed E-state index contributed by atoms with van der Waals surface area (Å²) in [4.78, 5) is 35.7. The molecule has 0 bridgehead atoms. The van der Waals surface area contributed by atoms with Crippen LogP contribution < -0.4 is 14.8 Å². The smallest absolute Gasteiger partial charge is 0.412 e. The maximum absolute atomic E-state index is 14.7. The first-order valence-electron chi connectivity index (χ1n) is 22.4. The Morgan fingerprint density at radius 2 is 1.78 bits per heavy atom. The molecule has 2 fully saturated rings. The summed E-state index contributed by atoms with van der Waals surface area (Å²) < 4.78 is 20.3. The second kappa shape index (κ2) is 21.9. The van der Waals surface area contributed by atoms with Gasteiger partial charge in [0.25, 0.3) is 0 Å². The number of hydrogen-bond acceptors (Lipinski definition) is 9. The number of carbonyl (C=O) groups excluding carboxylic acids is 2. The molecule has 11 heteroatoms. The lowest BCUT2D eigenvalue weighted by molar-refractivity contribution is -0.257. The van der Waals surface area contributed by atoms with E-state index >= 15 is 0 Å². The van der Waals surface area contributed by atoms with E-state index < -0.39 is 23.8 Å². The van der Waals surface area contributed by atoms with E-state index in [2.05, 4.69) is 24.9 Å². The van der Waals surface area contributed by atoms with E-state index in [0.717, 1.165) is 60.9 Å². The molecule has 0 spiro atoms. The zero-order valence-electron chi connectivity index (χ0n) is 35.3. The second-order valence-electron chi connectivity index (χ2n) is 16.7. The van der Waals surface area contributed by atoms with E-state index in [4.69, 9.17) is 24.2 Å². The lowest BCUT2D eigenvalue weighted by Crippen LogP contribution is -2.70. The van der Waals surface area contributed by atoms with Crippen molar-refractivity contribution in [1.29, 1.82) is 0 Å². The minimum atomic E-state index is -1.32. The minimum absolute atomic E-state index is 0.0611. The van der Waals surface area contributed by atoms with Crippen LogP contribution in [0, 0.1) is 23.7 Å². The highest BCUT2D eigenvalue weighted by atomic mass is 16.7. The van der Waals surface area contributed by atoms with E-state index in [9.17, 15) is 19.8 Å². The van der Waals surface area contributed by atoms with Gasteiger partial charge in [-0.2, -0.15) is 0 Å². The average Bonchev–Trinajstić information content (AvgIpc) is 3.77. The molecular formula is C48H67N3O8. The summed E-state index contributed by atoms with van der Waals surface area (Å²) in [5, 5.41) is 27.5. The molecule has 4 aliphatic rings. The van der Waals surface area contributed by atoms with Gasteiger partial charge in [0.2, 0.25) is 11.7 Å². The number of benzene rings is 2. The first-order valence-corrected chi connectivity index (χ1v) is 22.4. The minimum Gasteiger partial charge on any atom is -0.459 e. The van der Waals surface area contributed by atoms with Crippen molar-refractivity contribution in [2.75, 3.05) is 32.9 Å². The number of ether oxygens (including phenoxy) is 3. The molecule has 1 aliphatic heterocycles. The van der Waals surface area contributed by atoms with Gasteiger partial charge in [-0.15, -0.1) is 6.58 Å². The van der Waals surface area contributed by atoms with Crippen LogP contribution in [0.3, 0.4) is 0 Å². The fraction of sp³-hybridized carbons (Fsp3) is 0.604. The third-order valence-electron chi connectivity index (χ3n) is 12.8. The van der Waals surface area contributed by atoms with Crippen molar-refractivity contribution in [3.63, 3.8) is 0 Å². The van der Waals surface area contributed by atoms with E-state index in [0.29, 0.717) is 56.2 Å². The Morgan fingerprint density at radius 1 is 1.02 bits per heavy atom. The highest BCUT2D eigenvalue weighted by Crippen LogP contribution is 2.62. The molecule has 6 rings (SSSR count). The third-order valence-corrected chi connectivity index (χ3v) is 12.8. The summed E-state index contributed by atoms with van der Waals surface area (Å²) in [6.07, 6.45) is 15.4. The lowest BCUT2D eigenvalue weighted by atomic mass is 9.55. The van der Waals surface area contributed by atoms with Crippen LogP contribution in [0.25, 0.3) is 0 Å². The number of nitrogens with zero attached hydrogens (tertiary/aromatic N) is 2. The van der Waals surface area contributed by atoms with Crippen molar-refractivity contribution in [3.8, 4) is 11.5 Å². The largest absolute Gasteiger partial charge is 0.459 e. The number of aliphatic hydroxyl groups excluding tert-OH is 2. The van der Waals surface area contributed by atoms with Crippen LogP contribution in [0.1, 0.15) is 121 Å². The predicted octanol–water partition coefficient (Wildman–Crippen LogP) is 8.84. The lowest BCUT2D eigenvalue weighted by Gasteiger charge is -2.60. The van der Waals surface area contributed by atoms with Gasteiger partial charge in [0, 0.05) is 50.6 Å². The van der Waals surface area contributed by atoms with E-state index in [1.165, 1.54) is 25.7 Å². The molecule has 2 aromatic carbocycles. The summed E-state index contributed by atoms with van der Waals surface area (Å²) in [7, 11) is 0. The summed E-state index contributed by atoms with van der Waals surface area (Å²) in [5.41, 5.74) is 3.65. The van der Waals surface area contributed by atoms with Crippen molar-refractivity contribution in [3.05, 3.63) is 84.0 Å². The van der Waals surface area contributed by atoms with Gasteiger partial charge in [-0.05, 0) is 92.5 Å². The standard InChI is InChI=1S/C48H67N3O8/c1-4-26-51(44(54)25-22-34-16-10-11-17-34)43-32-41(50-57-33-35-18-8-7-9-19-35)39-30-36(20-12-14-27-52)38(21-13-15-28-53)45-40-31-37(58-47(55)49-6-3)23-24-42(40)59-48(43,46(39)45)56-29-5-2/h5,7-9,18-19,23-24,30-31,34,36,38,43,45-46,52-53H,2,4,6,10-17,20-22,25-29,32-33H2,1,3H3,(H,49,55)/t36-,38+,43-,45+,46+,48+/m0/s1. The summed E-state index contributed by atoms with van der Waals surface area (Å²) >= 11 is 0. The number of fused-ring (bicyclic) bond motifs is 2. The number of allylic oxidation sites excluding steroid dienone is 1. The number of carbonyl (C=O) groups is 2. The Hall–Kier alpha value is -4.19. The maximum atomic E-state index is 14.7. The maximum Gasteiger partial charge on any atom is 0.412 e. The molecule has 2 amide bonds. The van der Waals surface area contributed by atoms with E-state index in [1.54, 1.807) is 12.1 Å². The number of nitrogens with one attached hydrogen (secondary N) is 1. The van der Waals surface area contributed by atoms with Gasteiger partial charge in [-0.25, -0.2) is 4.79 Å². The highest BCUT2D eigenvalue weighted by molar-refractivity contribution is 6.03. The molecule has 2 aromatic rings. The Kier molecular flexibility index (Phi) is 16.5. The Balaban J connectivity index is 1.54. The summed E-state index contributed by atoms with van der Waals surface area (Å²) in [5.74, 6) is -0.117. The molecule has 3 aliphatic carbocycles. The molecule has 1 heterocycles. The third kappa shape index (κ3) is 10.6. The number of hydrogen-bond donors (Lipinski definition) is 3. The summed E-state index contributed by atoms with van der Waals surface area (Å²) in [6, 6.07) is 15.0. The number of aliphatic hydroxyl groups is 2. The topological polar surface area (TPSA) is 139 Å². The van der Waals surface area contributed by atoms with Gasteiger partial charge < -0.3 is 39.5 Å². The molecular weight excluding hydrogens is 747 g/mol. The first kappa shape index (κ1) is 44.4. The van der Waals surface area contributed by atoms with Crippen molar-refractivity contribution >= 4 is 17.7 Å². The fourth-order valence-electron chi connectivity index (χ4n) is 10.2. The van der Waals surface area contributed by atoms with E-state index in [1.807, 2.05) is 54.3 Å². The Bertz CT molecular complexity index is 1740. The summed E-state index contributed by atoms with van der Waals surface area (Å²) in [6.45, 7) is 9.66. The van der Waals surface area contributed by atoms with Crippen LogP contribution in [0.4, 0.5) is 4.79 Å². The van der Waals surface area contributed by atoms with Crippen molar-refractivity contribution in [2.24, 2.45) is 28.8 Å². The molecule has 0 saturated heterocycles. The number of unbranched alkanes of at least 4 members (excludes halogenated alkanes) is 2. The molecule has 0 aromatic heterocycles. The predicted molar refractivity (Wildman–Crippen MR) is 229 cm³/mol. The van der Waals surface area contributed by atoms with Crippen LogP contribution in [-0.2, 0) is 21.0 Å². The molecule has 3 N–H and O–H groups in total. The van der Waals surface area contributed by atoms with Crippen molar-refractivity contribution in [2.45, 2.75) is 128 Å². The van der Waals surface area contributed by atoms with Crippen LogP contribution >= 0.6 is 0 Å². The molecule has 2 saturated carbocycles. The van der Waals surface area contributed by atoms with Gasteiger partial charge in [-0.1, -0.05) is 93.1 Å². The molecule has 11 nitrogen and oxygen atoms in total. The second-order valence-corrected chi connectivity index (χ2v) is 16.7. The first-order chi connectivity index (χ1) is 28.9. The van der Waals surface area contributed by atoms with Gasteiger partial charge in [0.1, 0.15) is 24.1 Å². The van der Waals surface area contributed by atoms with Gasteiger partial charge in [0.05, 0.1) is 18.2 Å². The molecule has 59 heavy (non-hydrogen) atoms. The molecule has 6 atom stereocenters. The van der Waals surface area contributed by atoms with Crippen LogP contribution in [0.15, 0.2) is 78.0 Å². The number of rotatable bonds is 22. The normalized spacial score (nSPS) is 25.3. The number of amides is 2. The number of oxime groups is 1. The fourth-order valence-corrected chi connectivity index (χ4v) is 10.2. The zero-order chi connectivity index (χ0) is 41.6. The quantitative estimate of drug-likeness (QED) is 0.0609. The van der Waals surface area contributed by atoms with Crippen molar-refractivity contribution in [1.82, 2.24) is 10.2 Å². The van der Waals surface area contributed by atoms with Crippen LogP contribution in [0.2, 0.25) is 0 Å². The zero-order valence-corrected chi connectivity index (χ0v) is 35.3. The van der Waals surface area contributed by atoms with Gasteiger partial charge in [-0.3, -0.25) is 4.79 Å². The average molecular weight is 814 g/mol. The monoisotopic (exact) mass is 813 g/mol. The molecule has 322 valence electrons. The van der Waals surface area contributed by atoms with E-state index in [-0.39, 0.29) is 50.1 Å². The van der Waals surface area contributed by atoms with Gasteiger partial charge in [0.15, 0.2) is 0 Å². The van der Waals surface area contributed by atoms with Crippen molar-refractivity contribution < 1.29 is 38.9 Å². The van der Waals surface area contributed by atoms with Gasteiger partial charge >= 0.3 is 6.09 Å². The molecule has 0 radical (unpaired) electrons.